The number of esters is 2. The predicted octanol–water partition coefficient (Wildman–Crippen LogP) is 2.03. The predicted molar refractivity (Wildman–Crippen MR) is 88.5 cm³/mol. The second-order valence-corrected chi connectivity index (χ2v) is 7.80. The number of cyclic esters (lactones) is 2. The summed E-state index contributed by atoms with van der Waals surface area (Å²) in [5.41, 5.74) is 0.579. The number of hydrogen-bond acceptors (Lipinski definition) is 6. The Balaban J connectivity index is 1.86. The highest BCUT2D eigenvalue weighted by Gasteiger charge is 2.64. The molecule has 1 aromatic rings. The molecule has 4 rings (SSSR count). The Labute approximate surface area is 148 Å². The van der Waals surface area contributed by atoms with Gasteiger partial charge in [0.2, 0.25) is 0 Å². The van der Waals surface area contributed by atoms with E-state index in [-0.39, 0.29) is 13.0 Å². The minimum Gasteiger partial charge on any atom is -0.422 e. The van der Waals surface area contributed by atoms with Crippen LogP contribution in [0, 0.1) is 5.41 Å². The van der Waals surface area contributed by atoms with E-state index >= 15 is 0 Å². The Bertz CT molecular complexity index is 712. The summed E-state index contributed by atoms with van der Waals surface area (Å²) in [6.45, 7) is 4.59. The van der Waals surface area contributed by atoms with Crippen molar-refractivity contribution in [3.63, 3.8) is 0 Å². The van der Waals surface area contributed by atoms with Gasteiger partial charge in [0.15, 0.2) is 5.41 Å². The molecular formula is C17H18BrNO5. The van der Waals surface area contributed by atoms with Crippen LogP contribution in [0.4, 0.5) is 5.69 Å². The van der Waals surface area contributed by atoms with Crippen molar-refractivity contribution in [1.29, 1.82) is 0 Å². The molecule has 1 atom stereocenters. The van der Waals surface area contributed by atoms with Crippen LogP contribution >= 0.6 is 15.9 Å². The van der Waals surface area contributed by atoms with E-state index in [0.717, 1.165) is 15.7 Å². The standard InChI is InChI=1S/C17H18BrNO5/c1-16(2)23-14(20)17(15(21)24-16)8-10-3-4-11(18)7-12(10)19-5-6-22-9-13(17)19/h3-4,7,13H,5-6,8-9H2,1-2H3/t13-/m1/s1. The Hall–Kier alpha value is -1.60. The van der Waals surface area contributed by atoms with Crippen molar-refractivity contribution in [2.75, 3.05) is 24.7 Å². The van der Waals surface area contributed by atoms with Gasteiger partial charge in [0, 0.05) is 37.0 Å². The number of fused-ring (bicyclic) bond motifs is 4. The number of hydrogen-bond donors (Lipinski definition) is 0. The van der Waals surface area contributed by atoms with Gasteiger partial charge in [-0.2, -0.15) is 0 Å². The van der Waals surface area contributed by atoms with Gasteiger partial charge in [-0.15, -0.1) is 0 Å². The number of carbonyl (C=O) groups excluding carboxylic acids is 2. The Kier molecular flexibility index (Phi) is 3.44. The zero-order chi connectivity index (χ0) is 17.1. The van der Waals surface area contributed by atoms with Crippen molar-refractivity contribution >= 4 is 33.6 Å². The SMILES string of the molecule is CC1(C)OC(=O)C2(Cc3ccc(Br)cc3N3CCOC[C@@H]32)C(=O)O1. The van der Waals surface area contributed by atoms with Crippen LogP contribution in [0.25, 0.3) is 0 Å². The molecule has 2 saturated heterocycles. The minimum atomic E-state index is -1.38. The van der Waals surface area contributed by atoms with Gasteiger partial charge >= 0.3 is 11.9 Å². The van der Waals surface area contributed by atoms with Crippen LogP contribution in [0.3, 0.4) is 0 Å². The molecule has 24 heavy (non-hydrogen) atoms. The smallest absolute Gasteiger partial charge is 0.329 e. The molecule has 128 valence electrons. The van der Waals surface area contributed by atoms with Crippen LogP contribution in [-0.2, 0) is 30.2 Å². The van der Waals surface area contributed by atoms with E-state index in [1.54, 1.807) is 13.8 Å². The summed E-state index contributed by atoms with van der Waals surface area (Å²) in [4.78, 5) is 27.9. The van der Waals surface area contributed by atoms with Gasteiger partial charge < -0.3 is 19.1 Å². The molecule has 6 nitrogen and oxygen atoms in total. The number of carbonyl (C=O) groups is 2. The third-order valence-corrected chi connectivity index (χ3v) is 5.42. The molecule has 1 spiro atoms. The maximum Gasteiger partial charge on any atom is 0.329 e. The molecule has 2 fully saturated rings. The van der Waals surface area contributed by atoms with Gasteiger partial charge in [-0.1, -0.05) is 22.0 Å². The molecular weight excluding hydrogens is 378 g/mol. The Morgan fingerprint density at radius 2 is 1.92 bits per heavy atom. The highest BCUT2D eigenvalue weighted by Crippen LogP contribution is 2.47. The van der Waals surface area contributed by atoms with Crippen molar-refractivity contribution in [1.82, 2.24) is 0 Å². The quantitative estimate of drug-likeness (QED) is 0.494. The summed E-state index contributed by atoms with van der Waals surface area (Å²) in [5.74, 6) is -2.30. The second kappa shape index (κ2) is 5.20. The van der Waals surface area contributed by atoms with Gasteiger partial charge in [-0.25, -0.2) is 0 Å². The third-order valence-electron chi connectivity index (χ3n) is 4.93. The first-order valence-electron chi connectivity index (χ1n) is 7.93. The number of anilines is 1. The first-order chi connectivity index (χ1) is 11.3. The lowest BCUT2D eigenvalue weighted by Gasteiger charge is -2.52. The first kappa shape index (κ1) is 15.9. The molecule has 0 aliphatic carbocycles. The van der Waals surface area contributed by atoms with Crippen LogP contribution in [-0.4, -0.2) is 43.5 Å². The monoisotopic (exact) mass is 395 g/mol. The van der Waals surface area contributed by atoms with Crippen molar-refractivity contribution in [2.24, 2.45) is 5.41 Å². The third kappa shape index (κ3) is 2.18. The number of halogens is 1. The fourth-order valence-corrected chi connectivity index (χ4v) is 4.17. The van der Waals surface area contributed by atoms with E-state index in [0.29, 0.717) is 13.2 Å². The average Bonchev–Trinajstić information content (AvgIpc) is 2.52. The van der Waals surface area contributed by atoms with Gasteiger partial charge in [-0.3, -0.25) is 9.59 Å². The summed E-state index contributed by atoms with van der Waals surface area (Å²) >= 11 is 3.49. The normalized spacial score (nSPS) is 27.1. The van der Waals surface area contributed by atoms with Crippen LogP contribution in [0.2, 0.25) is 0 Å². The second-order valence-electron chi connectivity index (χ2n) is 6.88. The highest BCUT2D eigenvalue weighted by atomic mass is 79.9. The zero-order valence-electron chi connectivity index (χ0n) is 13.5. The topological polar surface area (TPSA) is 65.1 Å². The molecule has 0 amide bonds. The highest BCUT2D eigenvalue weighted by molar-refractivity contribution is 9.10. The van der Waals surface area contributed by atoms with Crippen molar-refractivity contribution in [3.8, 4) is 0 Å². The molecule has 0 saturated carbocycles. The lowest BCUT2D eigenvalue weighted by molar-refractivity contribution is -0.254. The Morgan fingerprint density at radius 1 is 1.21 bits per heavy atom. The maximum absolute atomic E-state index is 12.9. The number of rotatable bonds is 0. The number of nitrogens with zero attached hydrogens (tertiary/aromatic N) is 1. The molecule has 7 heteroatoms. The minimum absolute atomic E-state index is 0.258. The molecule has 3 aliphatic rings. The lowest BCUT2D eigenvalue weighted by atomic mass is 9.70. The Morgan fingerprint density at radius 3 is 2.62 bits per heavy atom. The number of benzene rings is 1. The summed E-state index contributed by atoms with van der Waals surface area (Å²) in [7, 11) is 0. The summed E-state index contributed by atoms with van der Waals surface area (Å²) < 4.78 is 17.5. The maximum atomic E-state index is 12.9. The molecule has 0 bridgehead atoms. The van der Waals surface area contributed by atoms with E-state index in [9.17, 15) is 9.59 Å². The van der Waals surface area contributed by atoms with Crippen molar-refractivity contribution in [3.05, 3.63) is 28.2 Å². The fourth-order valence-electron chi connectivity index (χ4n) is 3.82. The largest absolute Gasteiger partial charge is 0.422 e. The van der Waals surface area contributed by atoms with Gasteiger partial charge in [0.25, 0.3) is 5.79 Å². The molecule has 0 unspecified atom stereocenters. The van der Waals surface area contributed by atoms with E-state index in [1.807, 2.05) is 18.2 Å². The summed E-state index contributed by atoms with van der Waals surface area (Å²) in [6.07, 6.45) is 0.258. The molecule has 3 aliphatic heterocycles. The number of morpholine rings is 1. The molecule has 0 radical (unpaired) electrons. The first-order valence-corrected chi connectivity index (χ1v) is 8.72. The molecule has 0 N–H and O–H groups in total. The van der Waals surface area contributed by atoms with E-state index < -0.39 is 29.2 Å². The van der Waals surface area contributed by atoms with Crippen LogP contribution in [0.1, 0.15) is 19.4 Å². The summed E-state index contributed by atoms with van der Waals surface area (Å²) in [6, 6.07) is 5.44. The van der Waals surface area contributed by atoms with E-state index in [1.165, 1.54) is 0 Å². The van der Waals surface area contributed by atoms with Gasteiger partial charge in [0.1, 0.15) is 0 Å². The van der Waals surface area contributed by atoms with Crippen LogP contribution in [0.15, 0.2) is 22.7 Å². The molecule has 1 aromatic carbocycles. The van der Waals surface area contributed by atoms with Crippen LogP contribution in [0.5, 0.6) is 0 Å². The summed E-state index contributed by atoms with van der Waals surface area (Å²) in [5, 5.41) is 0. The van der Waals surface area contributed by atoms with Gasteiger partial charge in [-0.05, 0) is 17.7 Å². The van der Waals surface area contributed by atoms with Crippen molar-refractivity contribution in [2.45, 2.75) is 32.1 Å². The average molecular weight is 396 g/mol. The lowest BCUT2D eigenvalue weighted by Crippen LogP contribution is -2.68. The van der Waals surface area contributed by atoms with E-state index in [4.69, 9.17) is 14.2 Å². The van der Waals surface area contributed by atoms with Crippen molar-refractivity contribution < 1.29 is 23.8 Å². The van der Waals surface area contributed by atoms with Gasteiger partial charge in [0.05, 0.1) is 19.3 Å². The molecule has 0 aromatic heterocycles. The number of ether oxygens (including phenoxy) is 3. The fraction of sp³-hybridized carbons (Fsp3) is 0.529. The van der Waals surface area contributed by atoms with E-state index in [2.05, 4.69) is 20.8 Å². The van der Waals surface area contributed by atoms with Crippen LogP contribution < -0.4 is 4.90 Å². The zero-order valence-corrected chi connectivity index (χ0v) is 15.1. The molecule has 3 heterocycles.